The van der Waals surface area contributed by atoms with E-state index >= 15 is 0 Å². The fourth-order valence-corrected chi connectivity index (χ4v) is 4.48. The average Bonchev–Trinajstić information content (AvgIpc) is 2.54. The van der Waals surface area contributed by atoms with Crippen LogP contribution in [0.4, 0.5) is 0 Å². The summed E-state index contributed by atoms with van der Waals surface area (Å²) < 4.78 is 0. The number of hydrogen-bond acceptors (Lipinski definition) is 2. The molecule has 0 bridgehead atoms. The minimum atomic E-state index is 0.186. The summed E-state index contributed by atoms with van der Waals surface area (Å²) in [6, 6.07) is 3.75. The fraction of sp³-hybridized carbons (Fsp3) is 0.636. The molecule has 0 spiro atoms. The van der Waals surface area contributed by atoms with Crippen LogP contribution in [-0.2, 0) is 6.42 Å². The summed E-state index contributed by atoms with van der Waals surface area (Å²) in [6.07, 6.45) is 8.94. The zero-order valence-electron chi connectivity index (χ0n) is 15.6. The lowest BCUT2D eigenvalue weighted by molar-refractivity contribution is 0.230. The molecule has 1 fully saturated rings. The van der Waals surface area contributed by atoms with Gasteiger partial charge in [0.1, 0.15) is 11.5 Å². The summed E-state index contributed by atoms with van der Waals surface area (Å²) in [4.78, 5) is 0. The molecule has 1 aliphatic rings. The van der Waals surface area contributed by atoms with Crippen molar-refractivity contribution in [3.63, 3.8) is 0 Å². The standard InChI is InChI=1S/C22H34O2/c1-5-7-8-10-16-13-19(23)22(20(24)14-16)21-17(6-2)11-9-12-18(21)15(3)4/h13-14,17-18,21,23-24H,3,5-12H2,1-2,4H3/t17?,18-,21?/m0/s1. The minimum Gasteiger partial charge on any atom is -0.508 e. The second kappa shape index (κ2) is 8.60. The number of unbranched alkanes of at least 4 members (excludes halogenated alkanes) is 2. The molecule has 24 heavy (non-hydrogen) atoms. The zero-order valence-corrected chi connectivity index (χ0v) is 15.6. The monoisotopic (exact) mass is 330 g/mol. The van der Waals surface area contributed by atoms with E-state index in [2.05, 4.69) is 27.4 Å². The highest BCUT2D eigenvalue weighted by atomic mass is 16.3. The number of hydrogen-bond donors (Lipinski definition) is 2. The molecule has 1 aromatic rings. The van der Waals surface area contributed by atoms with Crippen LogP contribution in [0, 0.1) is 11.8 Å². The van der Waals surface area contributed by atoms with E-state index in [-0.39, 0.29) is 17.4 Å². The van der Waals surface area contributed by atoms with Crippen molar-refractivity contribution in [2.75, 3.05) is 0 Å². The maximum Gasteiger partial charge on any atom is 0.123 e. The van der Waals surface area contributed by atoms with Gasteiger partial charge in [0.15, 0.2) is 0 Å². The second-order valence-electron chi connectivity index (χ2n) is 7.58. The van der Waals surface area contributed by atoms with Crippen molar-refractivity contribution in [1.82, 2.24) is 0 Å². The molecule has 2 nitrogen and oxygen atoms in total. The average molecular weight is 331 g/mol. The SMILES string of the molecule is C=C(C)[C@@H]1CCCC(CC)C1c1c(O)cc(CCCCC)cc1O. The van der Waals surface area contributed by atoms with Crippen molar-refractivity contribution in [2.45, 2.75) is 78.1 Å². The smallest absolute Gasteiger partial charge is 0.123 e. The summed E-state index contributed by atoms with van der Waals surface area (Å²) in [7, 11) is 0. The van der Waals surface area contributed by atoms with Gasteiger partial charge in [-0.2, -0.15) is 0 Å². The van der Waals surface area contributed by atoms with E-state index < -0.39 is 0 Å². The molecule has 2 unspecified atom stereocenters. The van der Waals surface area contributed by atoms with Gasteiger partial charge in [-0.15, -0.1) is 0 Å². The highest BCUT2D eigenvalue weighted by molar-refractivity contribution is 5.50. The Labute approximate surface area is 147 Å². The van der Waals surface area contributed by atoms with Crippen LogP contribution in [0.15, 0.2) is 24.3 Å². The van der Waals surface area contributed by atoms with Crippen LogP contribution >= 0.6 is 0 Å². The Morgan fingerprint density at radius 1 is 1.12 bits per heavy atom. The molecule has 0 heterocycles. The first-order chi connectivity index (χ1) is 11.5. The third-order valence-corrected chi connectivity index (χ3v) is 5.79. The van der Waals surface area contributed by atoms with E-state index in [1.54, 1.807) is 0 Å². The van der Waals surface area contributed by atoms with Crippen LogP contribution in [0.2, 0.25) is 0 Å². The van der Waals surface area contributed by atoms with Gasteiger partial charge < -0.3 is 10.2 Å². The van der Waals surface area contributed by atoms with Crippen molar-refractivity contribution in [3.05, 3.63) is 35.4 Å². The lowest BCUT2D eigenvalue weighted by atomic mass is 9.65. The van der Waals surface area contributed by atoms with Gasteiger partial charge in [0.25, 0.3) is 0 Å². The summed E-state index contributed by atoms with van der Waals surface area (Å²) in [5.74, 6) is 1.59. The molecule has 0 saturated heterocycles. The number of aromatic hydroxyl groups is 2. The normalized spacial score (nSPS) is 24.0. The van der Waals surface area contributed by atoms with Gasteiger partial charge >= 0.3 is 0 Å². The number of allylic oxidation sites excluding steroid dienone is 1. The quantitative estimate of drug-likeness (QED) is 0.454. The molecule has 0 aliphatic heterocycles. The van der Waals surface area contributed by atoms with E-state index in [1.807, 2.05) is 12.1 Å². The van der Waals surface area contributed by atoms with Gasteiger partial charge in [-0.3, -0.25) is 0 Å². The van der Waals surface area contributed by atoms with E-state index in [4.69, 9.17) is 0 Å². The van der Waals surface area contributed by atoms with Gasteiger partial charge in [0, 0.05) is 11.5 Å². The zero-order chi connectivity index (χ0) is 17.7. The molecule has 3 atom stereocenters. The van der Waals surface area contributed by atoms with E-state index in [9.17, 15) is 10.2 Å². The first-order valence-electron chi connectivity index (χ1n) is 9.69. The summed E-state index contributed by atoms with van der Waals surface area (Å²) in [6.45, 7) is 10.7. The molecule has 0 aromatic heterocycles. The van der Waals surface area contributed by atoms with Crippen molar-refractivity contribution in [3.8, 4) is 11.5 Å². The highest BCUT2D eigenvalue weighted by Crippen LogP contribution is 2.51. The van der Waals surface area contributed by atoms with Crippen LogP contribution in [0.3, 0.4) is 0 Å². The second-order valence-corrected chi connectivity index (χ2v) is 7.58. The molecule has 134 valence electrons. The Balaban J connectivity index is 2.35. The molecule has 2 heteroatoms. The molecule has 2 N–H and O–H groups in total. The van der Waals surface area contributed by atoms with Crippen molar-refractivity contribution >= 4 is 0 Å². The molecule has 2 rings (SSSR count). The predicted molar refractivity (Wildman–Crippen MR) is 102 cm³/mol. The van der Waals surface area contributed by atoms with Gasteiger partial charge in [0.05, 0.1) is 0 Å². The molecule has 0 amide bonds. The van der Waals surface area contributed by atoms with Gasteiger partial charge in [-0.1, -0.05) is 51.7 Å². The number of aryl methyl sites for hydroxylation is 1. The van der Waals surface area contributed by atoms with Crippen molar-refractivity contribution in [1.29, 1.82) is 0 Å². The number of phenolic OH excluding ortho intramolecular Hbond substituents is 2. The number of benzene rings is 1. The Bertz CT molecular complexity index is 538. The largest absolute Gasteiger partial charge is 0.508 e. The van der Waals surface area contributed by atoms with Gasteiger partial charge in [0.2, 0.25) is 0 Å². The van der Waals surface area contributed by atoms with Crippen LogP contribution in [-0.4, -0.2) is 10.2 Å². The molecule has 0 radical (unpaired) electrons. The van der Waals surface area contributed by atoms with Crippen molar-refractivity contribution < 1.29 is 10.2 Å². The summed E-state index contributed by atoms with van der Waals surface area (Å²) in [5.41, 5.74) is 2.97. The van der Waals surface area contributed by atoms with Crippen LogP contribution in [0.25, 0.3) is 0 Å². The third-order valence-electron chi connectivity index (χ3n) is 5.79. The maximum atomic E-state index is 10.7. The summed E-state index contributed by atoms with van der Waals surface area (Å²) >= 11 is 0. The third kappa shape index (κ3) is 4.15. The molecular formula is C22H34O2. The topological polar surface area (TPSA) is 40.5 Å². The molecule has 1 aliphatic carbocycles. The van der Waals surface area contributed by atoms with Gasteiger partial charge in [-0.05, 0) is 62.1 Å². The lowest BCUT2D eigenvalue weighted by Gasteiger charge is -2.39. The Hall–Kier alpha value is -1.44. The lowest BCUT2D eigenvalue weighted by Crippen LogP contribution is -2.27. The molecular weight excluding hydrogens is 296 g/mol. The fourth-order valence-electron chi connectivity index (χ4n) is 4.48. The number of rotatable bonds is 7. The van der Waals surface area contributed by atoms with E-state index in [0.717, 1.165) is 36.8 Å². The Morgan fingerprint density at radius 3 is 2.33 bits per heavy atom. The number of phenols is 2. The van der Waals surface area contributed by atoms with Crippen LogP contribution in [0.1, 0.15) is 82.8 Å². The summed E-state index contributed by atoms with van der Waals surface area (Å²) in [5, 5.41) is 21.4. The van der Waals surface area contributed by atoms with E-state index in [0.29, 0.717) is 11.8 Å². The molecule has 1 aromatic carbocycles. The van der Waals surface area contributed by atoms with Gasteiger partial charge in [-0.25, -0.2) is 0 Å². The molecule has 1 saturated carbocycles. The van der Waals surface area contributed by atoms with Crippen molar-refractivity contribution in [2.24, 2.45) is 11.8 Å². The minimum absolute atomic E-state index is 0.186. The Morgan fingerprint density at radius 2 is 1.79 bits per heavy atom. The maximum absolute atomic E-state index is 10.7. The van der Waals surface area contributed by atoms with Crippen LogP contribution < -0.4 is 0 Å². The first kappa shape index (κ1) is 18.9. The predicted octanol–water partition coefficient (Wildman–Crippen LogP) is 6.32. The highest BCUT2D eigenvalue weighted by Gasteiger charge is 2.37. The Kier molecular flexibility index (Phi) is 6.77. The van der Waals surface area contributed by atoms with E-state index in [1.165, 1.54) is 31.3 Å². The first-order valence-corrected chi connectivity index (χ1v) is 9.69. The van der Waals surface area contributed by atoms with Crippen LogP contribution in [0.5, 0.6) is 11.5 Å².